The normalized spacial score (nSPS) is 14.5. The Balaban J connectivity index is 1.57. The van der Waals surface area contributed by atoms with Gasteiger partial charge in [-0.25, -0.2) is 4.98 Å². The van der Waals surface area contributed by atoms with Crippen molar-refractivity contribution >= 4 is 16.9 Å². The molecule has 0 bridgehead atoms. The molecule has 6 nitrogen and oxygen atoms in total. The minimum absolute atomic E-state index is 0.0817. The maximum absolute atomic E-state index is 12.8. The molecule has 0 radical (unpaired) electrons. The van der Waals surface area contributed by atoms with Crippen LogP contribution < -0.4 is 4.74 Å². The number of carbonyl (C=O) groups excluding carboxylic acids is 1. The summed E-state index contributed by atoms with van der Waals surface area (Å²) in [5.41, 5.74) is 2.96. The Morgan fingerprint density at radius 3 is 2.78 bits per heavy atom. The van der Waals surface area contributed by atoms with Crippen LogP contribution >= 0.6 is 0 Å². The molecule has 1 saturated heterocycles. The van der Waals surface area contributed by atoms with Crippen LogP contribution in [0.2, 0.25) is 0 Å². The molecule has 1 amide bonds. The number of rotatable bonds is 5. The van der Waals surface area contributed by atoms with E-state index < -0.39 is 0 Å². The minimum Gasteiger partial charge on any atom is -0.486 e. The van der Waals surface area contributed by atoms with Crippen LogP contribution in [0, 0.1) is 6.92 Å². The molecule has 0 unspecified atom stereocenters. The molecule has 1 aliphatic heterocycles. The Labute approximate surface area is 158 Å². The zero-order valence-electron chi connectivity index (χ0n) is 15.4. The Morgan fingerprint density at radius 1 is 1.15 bits per heavy atom. The van der Waals surface area contributed by atoms with Crippen molar-refractivity contribution in [3.8, 4) is 5.75 Å². The third-order valence-electron chi connectivity index (χ3n) is 4.75. The molecule has 0 spiro atoms. The van der Waals surface area contributed by atoms with Crippen molar-refractivity contribution in [1.82, 2.24) is 14.5 Å². The van der Waals surface area contributed by atoms with Gasteiger partial charge in [0.1, 0.15) is 24.7 Å². The molecule has 27 heavy (non-hydrogen) atoms. The Kier molecular flexibility index (Phi) is 5.07. The van der Waals surface area contributed by atoms with Gasteiger partial charge in [-0.1, -0.05) is 24.3 Å². The van der Waals surface area contributed by atoms with Crippen molar-refractivity contribution in [1.29, 1.82) is 0 Å². The highest BCUT2D eigenvalue weighted by atomic mass is 16.5. The molecule has 0 N–H and O–H groups in total. The second kappa shape index (κ2) is 7.80. The quantitative estimate of drug-likeness (QED) is 0.698. The average molecular weight is 365 g/mol. The van der Waals surface area contributed by atoms with E-state index in [9.17, 15) is 4.79 Å². The highest BCUT2D eigenvalue weighted by Gasteiger charge is 2.20. The maximum atomic E-state index is 12.8. The van der Waals surface area contributed by atoms with Crippen LogP contribution in [0.5, 0.6) is 5.75 Å². The lowest BCUT2D eigenvalue weighted by Gasteiger charge is -2.27. The smallest absolute Gasteiger partial charge is 0.242 e. The molecular formula is C21H23N3O3. The predicted molar refractivity (Wildman–Crippen MR) is 103 cm³/mol. The van der Waals surface area contributed by atoms with E-state index in [0.717, 1.165) is 28.2 Å². The number of aryl methyl sites for hydroxylation is 1. The third kappa shape index (κ3) is 3.95. The van der Waals surface area contributed by atoms with Crippen molar-refractivity contribution in [2.75, 3.05) is 26.3 Å². The van der Waals surface area contributed by atoms with E-state index in [0.29, 0.717) is 32.9 Å². The highest BCUT2D eigenvalue weighted by Crippen LogP contribution is 2.19. The lowest BCUT2D eigenvalue weighted by Crippen LogP contribution is -2.42. The summed E-state index contributed by atoms with van der Waals surface area (Å²) >= 11 is 0. The summed E-state index contributed by atoms with van der Waals surface area (Å²) in [5, 5.41) is 0. The first-order valence-corrected chi connectivity index (χ1v) is 9.20. The molecule has 6 heteroatoms. The van der Waals surface area contributed by atoms with Gasteiger partial charge in [0.15, 0.2) is 0 Å². The van der Waals surface area contributed by atoms with Crippen LogP contribution in [0.3, 0.4) is 0 Å². The van der Waals surface area contributed by atoms with Gasteiger partial charge in [0.2, 0.25) is 5.91 Å². The van der Waals surface area contributed by atoms with E-state index in [1.54, 1.807) is 0 Å². The van der Waals surface area contributed by atoms with Crippen LogP contribution in [0.25, 0.3) is 11.0 Å². The number of hydrogen-bond donors (Lipinski definition) is 0. The third-order valence-corrected chi connectivity index (χ3v) is 4.75. The molecule has 2 aromatic carbocycles. The van der Waals surface area contributed by atoms with E-state index in [-0.39, 0.29) is 12.5 Å². The largest absolute Gasteiger partial charge is 0.486 e. The number of benzene rings is 2. The van der Waals surface area contributed by atoms with Crippen LogP contribution in [0.1, 0.15) is 11.4 Å². The fraction of sp³-hybridized carbons (Fsp3) is 0.333. The van der Waals surface area contributed by atoms with Crippen molar-refractivity contribution in [2.24, 2.45) is 0 Å². The molecule has 1 fully saturated rings. The average Bonchev–Trinajstić information content (AvgIpc) is 3.05. The Hall–Kier alpha value is -2.86. The summed E-state index contributed by atoms with van der Waals surface area (Å²) < 4.78 is 13.2. The second-order valence-corrected chi connectivity index (χ2v) is 6.70. The molecule has 3 aromatic rings. The standard InChI is InChI=1S/C21H23N3O3/c1-16-5-4-6-17(13-16)27-15-20-22-18-7-2-3-8-19(18)24(20)14-21(25)23-9-11-26-12-10-23/h2-8,13H,9-12,14-15H2,1H3. The van der Waals surface area contributed by atoms with E-state index in [4.69, 9.17) is 14.5 Å². The first kappa shape index (κ1) is 17.5. The number of aromatic nitrogens is 2. The van der Waals surface area contributed by atoms with Gasteiger partial charge in [-0.2, -0.15) is 0 Å². The molecular weight excluding hydrogens is 342 g/mol. The maximum Gasteiger partial charge on any atom is 0.242 e. The summed E-state index contributed by atoms with van der Waals surface area (Å²) in [7, 11) is 0. The molecule has 0 atom stereocenters. The van der Waals surface area contributed by atoms with Crippen LogP contribution in [0.15, 0.2) is 48.5 Å². The summed E-state index contributed by atoms with van der Waals surface area (Å²) in [5.74, 6) is 1.63. The number of carbonyl (C=O) groups is 1. The SMILES string of the molecule is Cc1cccc(OCc2nc3ccccc3n2CC(=O)N2CCOCC2)c1. The number of ether oxygens (including phenoxy) is 2. The number of imidazole rings is 1. The van der Waals surface area contributed by atoms with Gasteiger partial charge in [-0.3, -0.25) is 4.79 Å². The lowest BCUT2D eigenvalue weighted by molar-refractivity contribution is -0.135. The summed E-state index contributed by atoms with van der Waals surface area (Å²) in [6, 6.07) is 15.8. The number of hydrogen-bond acceptors (Lipinski definition) is 4. The van der Waals surface area contributed by atoms with Crippen LogP contribution in [0.4, 0.5) is 0 Å². The topological polar surface area (TPSA) is 56.6 Å². The molecule has 2 heterocycles. The molecule has 1 aliphatic rings. The number of fused-ring (bicyclic) bond motifs is 1. The summed E-state index contributed by atoms with van der Waals surface area (Å²) in [4.78, 5) is 19.3. The van der Waals surface area contributed by atoms with Crippen molar-refractivity contribution in [2.45, 2.75) is 20.1 Å². The number of morpholine rings is 1. The summed E-state index contributed by atoms with van der Waals surface area (Å²) in [6.45, 7) is 5.07. The molecule has 140 valence electrons. The van der Waals surface area contributed by atoms with E-state index in [2.05, 4.69) is 0 Å². The fourth-order valence-corrected chi connectivity index (χ4v) is 3.31. The number of para-hydroxylation sites is 2. The minimum atomic E-state index is 0.0817. The molecule has 1 aromatic heterocycles. The van der Waals surface area contributed by atoms with Gasteiger partial charge in [0, 0.05) is 13.1 Å². The first-order valence-electron chi connectivity index (χ1n) is 9.20. The Morgan fingerprint density at radius 2 is 1.96 bits per heavy atom. The van der Waals surface area contributed by atoms with Gasteiger partial charge in [-0.15, -0.1) is 0 Å². The molecule has 0 aliphatic carbocycles. The van der Waals surface area contributed by atoms with Gasteiger partial charge in [0.05, 0.1) is 24.2 Å². The zero-order valence-corrected chi connectivity index (χ0v) is 15.4. The van der Waals surface area contributed by atoms with Gasteiger partial charge >= 0.3 is 0 Å². The second-order valence-electron chi connectivity index (χ2n) is 6.70. The van der Waals surface area contributed by atoms with Gasteiger partial charge in [0.25, 0.3) is 0 Å². The number of amides is 1. The number of nitrogens with zero attached hydrogens (tertiary/aromatic N) is 3. The van der Waals surface area contributed by atoms with E-state index in [1.807, 2.05) is 64.9 Å². The van der Waals surface area contributed by atoms with Crippen LogP contribution in [-0.2, 0) is 22.7 Å². The van der Waals surface area contributed by atoms with Crippen molar-refractivity contribution < 1.29 is 14.3 Å². The monoisotopic (exact) mass is 365 g/mol. The zero-order chi connectivity index (χ0) is 18.6. The van der Waals surface area contributed by atoms with E-state index >= 15 is 0 Å². The lowest BCUT2D eigenvalue weighted by atomic mass is 10.2. The van der Waals surface area contributed by atoms with Crippen molar-refractivity contribution in [3.63, 3.8) is 0 Å². The highest BCUT2D eigenvalue weighted by molar-refractivity contribution is 5.81. The Bertz CT molecular complexity index is 945. The molecule has 4 rings (SSSR count). The van der Waals surface area contributed by atoms with Crippen LogP contribution in [-0.4, -0.2) is 46.7 Å². The molecule has 0 saturated carbocycles. The van der Waals surface area contributed by atoms with Gasteiger partial charge < -0.3 is 18.9 Å². The van der Waals surface area contributed by atoms with Gasteiger partial charge in [-0.05, 0) is 36.8 Å². The summed E-state index contributed by atoms with van der Waals surface area (Å²) in [6.07, 6.45) is 0. The van der Waals surface area contributed by atoms with E-state index in [1.165, 1.54) is 0 Å². The fourth-order valence-electron chi connectivity index (χ4n) is 3.31. The van der Waals surface area contributed by atoms with Crippen molar-refractivity contribution in [3.05, 3.63) is 59.9 Å². The first-order chi connectivity index (χ1) is 13.2. The predicted octanol–water partition coefficient (Wildman–Crippen LogP) is 2.78.